The highest BCUT2D eigenvalue weighted by Crippen LogP contribution is 2.52. The molecule has 3 aliphatic heterocycles. The number of likely N-dealkylation sites (N-methyl/N-ethyl adjacent to an activating group) is 1. The molecule has 356 valence electrons. The Labute approximate surface area is 386 Å². The van der Waals surface area contributed by atoms with Gasteiger partial charge in [0.05, 0.1) is 42.4 Å². The number of aldehydes is 1. The van der Waals surface area contributed by atoms with E-state index in [1.54, 1.807) is 43.0 Å². The number of hydrogen-bond donors (Lipinski definition) is 1. The predicted molar refractivity (Wildman–Crippen MR) is 242 cm³/mol. The van der Waals surface area contributed by atoms with Gasteiger partial charge in [-0.05, 0) is 143 Å². The van der Waals surface area contributed by atoms with E-state index >= 15 is 13.2 Å². The smallest absolute Gasteiger partial charge is 0.404 e. The van der Waals surface area contributed by atoms with E-state index in [9.17, 15) is 24.0 Å². The lowest BCUT2D eigenvalue weighted by atomic mass is 9.61. The lowest BCUT2D eigenvalue weighted by Crippen LogP contribution is -2.58. The Morgan fingerprint density at radius 1 is 0.910 bits per heavy atom. The molecule has 2 aliphatic carbocycles. The van der Waals surface area contributed by atoms with E-state index in [1.165, 1.54) is 19.2 Å². The van der Waals surface area contributed by atoms with Gasteiger partial charge < -0.3 is 28.9 Å². The van der Waals surface area contributed by atoms with Crippen molar-refractivity contribution in [2.45, 2.75) is 101 Å². The number of imide groups is 1. The van der Waals surface area contributed by atoms with E-state index in [-0.39, 0.29) is 41.0 Å². The van der Waals surface area contributed by atoms with E-state index in [4.69, 9.17) is 14.2 Å². The SMILES string of the molecule is CNC(=O)C(CCC=O)N1C(=O)c2ccc(OC3CC4(CCN(C(C5CCN(Cc6c(OC)cc(-c7cn(C)c(=O)c8cnc(C9CC9)cc78)cc6OC)CC5)C(F)(F)F)CC4)C3)cc2C1=O. The molecular weight excluding hydrogens is 870 g/mol. The molecule has 3 amide bonds. The molecule has 17 heteroatoms. The summed E-state index contributed by atoms with van der Waals surface area (Å²) in [6.07, 6.45) is 5.09. The van der Waals surface area contributed by atoms with Crippen LogP contribution in [0.1, 0.15) is 102 Å². The third kappa shape index (κ3) is 8.92. The zero-order valence-corrected chi connectivity index (χ0v) is 38.3. The Hall–Kier alpha value is -5.81. The molecule has 2 aromatic carbocycles. The number of halogens is 3. The number of aromatic nitrogens is 2. The number of hydrogen-bond acceptors (Lipinski definition) is 11. The fraction of sp³-hybridized carbons (Fsp3) is 0.520. The van der Waals surface area contributed by atoms with Crippen LogP contribution in [0.2, 0.25) is 0 Å². The van der Waals surface area contributed by atoms with Crippen LogP contribution in [-0.2, 0) is 23.2 Å². The summed E-state index contributed by atoms with van der Waals surface area (Å²) in [5.74, 6) is -0.340. The minimum absolute atomic E-state index is 0.00168. The van der Waals surface area contributed by atoms with Crippen molar-refractivity contribution >= 4 is 34.8 Å². The van der Waals surface area contributed by atoms with Gasteiger partial charge in [0.1, 0.15) is 35.6 Å². The van der Waals surface area contributed by atoms with Gasteiger partial charge in [-0.3, -0.25) is 38.9 Å². The number of ether oxygens (including phenoxy) is 3. The van der Waals surface area contributed by atoms with Crippen molar-refractivity contribution in [1.29, 1.82) is 0 Å². The summed E-state index contributed by atoms with van der Waals surface area (Å²) in [6.45, 7) is 2.08. The van der Waals surface area contributed by atoms with Crippen LogP contribution in [-0.4, -0.2) is 120 Å². The van der Waals surface area contributed by atoms with Crippen LogP contribution in [0.15, 0.2) is 53.6 Å². The van der Waals surface area contributed by atoms with Crippen LogP contribution >= 0.6 is 0 Å². The van der Waals surface area contributed by atoms with Crippen LogP contribution in [0.3, 0.4) is 0 Å². The number of fused-ring (bicyclic) bond motifs is 2. The number of carbonyl (C=O) groups is 4. The first-order valence-electron chi connectivity index (χ1n) is 23.3. The maximum Gasteiger partial charge on any atom is 0.404 e. The van der Waals surface area contributed by atoms with Gasteiger partial charge in [0.15, 0.2) is 0 Å². The average Bonchev–Trinajstić information content (AvgIpc) is 4.14. The molecule has 4 fully saturated rings. The number of rotatable bonds is 15. The van der Waals surface area contributed by atoms with Crippen LogP contribution in [0.5, 0.6) is 17.2 Å². The van der Waals surface area contributed by atoms with Crippen LogP contribution < -0.4 is 25.1 Å². The first-order chi connectivity index (χ1) is 32.1. The zero-order valence-electron chi connectivity index (χ0n) is 38.3. The largest absolute Gasteiger partial charge is 0.496 e. The minimum Gasteiger partial charge on any atom is -0.496 e. The number of nitrogens with one attached hydrogen (secondary N) is 1. The third-order valence-corrected chi connectivity index (χ3v) is 15.0. The van der Waals surface area contributed by atoms with Gasteiger partial charge in [0.25, 0.3) is 17.4 Å². The van der Waals surface area contributed by atoms with Gasteiger partial charge >= 0.3 is 6.18 Å². The van der Waals surface area contributed by atoms with Gasteiger partial charge in [0, 0.05) is 56.6 Å². The van der Waals surface area contributed by atoms with Gasteiger partial charge in [-0.1, -0.05) is 0 Å². The number of methoxy groups -OCH3 is 2. The van der Waals surface area contributed by atoms with E-state index < -0.39 is 41.9 Å². The average molecular weight is 927 g/mol. The third-order valence-electron chi connectivity index (χ3n) is 15.0. The summed E-state index contributed by atoms with van der Waals surface area (Å²) < 4.78 is 64.8. The summed E-state index contributed by atoms with van der Waals surface area (Å²) in [4.78, 5) is 72.6. The monoisotopic (exact) mass is 926 g/mol. The molecule has 5 heterocycles. The molecule has 2 unspecified atom stereocenters. The molecule has 2 saturated heterocycles. The minimum atomic E-state index is -4.39. The van der Waals surface area contributed by atoms with Crippen molar-refractivity contribution in [3.63, 3.8) is 0 Å². The fourth-order valence-corrected chi connectivity index (χ4v) is 11.2. The molecule has 5 aliphatic rings. The molecule has 2 saturated carbocycles. The maximum absolute atomic E-state index is 15.0. The normalized spacial score (nSPS) is 20.1. The number of nitrogens with zero attached hydrogens (tertiary/aromatic N) is 5. The quantitative estimate of drug-likeness (QED) is 0.101. The molecular formula is C50H57F3N6O8. The zero-order chi connectivity index (χ0) is 47.4. The van der Waals surface area contributed by atoms with E-state index in [1.807, 2.05) is 24.4 Å². The summed E-state index contributed by atoms with van der Waals surface area (Å²) in [5, 5.41) is 3.81. The number of piperidine rings is 2. The Kier molecular flexibility index (Phi) is 12.7. The molecule has 0 bridgehead atoms. The Balaban J connectivity index is 0.812. The van der Waals surface area contributed by atoms with E-state index in [0.29, 0.717) is 106 Å². The van der Waals surface area contributed by atoms with Gasteiger partial charge in [0.2, 0.25) is 5.91 Å². The molecule has 67 heavy (non-hydrogen) atoms. The fourth-order valence-electron chi connectivity index (χ4n) is 11.2. The highest BCUT2D eigenvalue weighted by molar-refractivity contribution is 6.23. The number of amides is 3. The van der Waals surface area contributed by atoms with Crippen molar-refractivity contribution in [3.05, 3.63) is 81.5 Å². The van der Waals surface area contributed by atoms with Crippen molar-refractivity contribution < 1.29 is 46.6 Å². The Morgan fingerprint density at radius 3 is 2.19 bits per heavy atom. The summed E-state index contributed by atoms with van der Waals surface area (Å²) >= 11 is 0. The summed E-state index contributed by atoms with van der Waals surface area (Å²) in [5.41, 5.74) is 3.46. The molecule has 14 nitrogen and oxygen atoms in total. The Bertz CT molecular complexity index is 2620. The van der Waals surface area contributed by atoms with Crippen molar-refractivity contribution in [3.8, 4) is 28.4 Å². The topological polar surface area (TPSA) is 153 Å². The van der Waals surface area contributed by atoms with Gasteiger partial charge in [-0.25, -0.2) is 0 Å². The summed E-state index contributed by atoms with van der Waals surface area (Å²) in [7, 11) is 6.31. The van der Waals surface area contributed by atoms with E-state index in [2.05, 4.69) is 15.2 Å². The van der Waals surface area contributed by atoms with Gasteiger partial charge in [-0.15, -0.1) is 0 Å². The molecule has 4 aromatic rings. The lowest BCUT2D eigenvalue weighted by molar-refractivity contribution is -0.210. The highest BCUT2D eigenvalue weighted by atomic mass is 19.4. The molecule has 1 N–H and O–H groups in total. The molecule has 9 rings (SSSR count). The van der Waals surface area contributed by atoms with E-state index in [0.717, 1.165) is 45.5 Å². The van der Waals surface area contributed by atoms with Crippen LogP contribution in [0.4, 0.5) is 13.2 Å². The second-order valence-electron chi connectivity index (χ2n) is 19.1. The number of alkyl halides is 3. The first kappa shape index (κ1) is 46.3. The van der Waals surface area contributed by atoms with Crippen molar-refractivity contribution in [2.75, 3.05) is 47.4 Å². The number of likely N-dealkylation sites (tertiary alicyclic amines) is 2. The second-order valence-corrected chi connectivity index (χ2v) is 19.1. The summed E-state index contributed by atoms with van der Waals surface area (Å²) in [6, 6.07) is 7.87. The van der Waals surface area contributed by atoms with Crippen LogP contribution in [0, 0.1) is 11.3 Å². The molecule has 0 radical (unpaired) electrons. The van der Waals surface area contributed by atoms with Gasteiger partial charge in [-0.2, -0.15) is 13.2 Å². The predicted octanol–water partition coefficient (Wildman–Crippen LogP) is 6.65. The standard InChI is InChI=1S/C50H57F3N6O8/c1-54-45(61)41(6-5-19-60)59-47(63)34-10-9-32(22-36(34)48(59)64)67-33-24-49(25-33)13-17-58(18-14-49)44(50(51,52)53)30-11-15-57(16-12-30)28-39-42(65-3)20-31(21-43(39)66-4)38-27-56(2)46(62)37-26-55-40(23-35(37)38)29-7-8-29/h9-10,19-23,26-27,29-30,33,41,44H,5-8,11-18,24-25,28H2,1-4H3,(H,54,61). The highest BCUT2D eigenvalue weighted by Gasteiger charge is 2.53. The molecule has 2 aromatic heterocycles. The van der Waals surface area contributed by atoms with Crippen molar-refractivity contribution in [1.82, 2.24) is 29.6 Å². The number of pyridine rings is 2. The second kappa shape index (κ2) is 18.4. The number of carbonyl (C=O) groups excluding carboxylic acids is 4. The van der Waals surface area contributed by atoms with Crippen LogP contribution in [0.25, 0.3) is 21.9 Å². The maximum atomic E-state index is 15.0. The molecule has 1 spiro atoms. The van der Waals surface area contributed by atoms with Crippen molar-refractivity contribution in [2.24, 2.45) is 18.4 Å². The molecule has 2 atom stereocenters. The number of aryl methyl sites for hydroxylation is 1. The first-order valence-corrected chi connectivity index (χ1v) is 23.3. The number of benzene rings is 2. The lowest BCUT2D eigenvalue weighted by Gasteiger charge is -2.53. The Morgan fingerprint density at radius 2 is 1.58 bits per heavy atom.